The van der Waals surface area contributed by atoms with Crippen molar-refractivity contribution in [3.63, 3.8) is 0 Å². The number of hydrogen-bond donors (Lipinski definition) is 2. The van der Waals surface area contributed by atoms with Crippen LogP contribution in [0.1, 0.15) is 40.4 Å². The van der Waals surface area contributed by atoms with E-state index in [1.54, 1.807) is 0 Å². The van der Waals surface area contributed by atoms with Gasteiger partial charge in [-0.3, -0.25) is 0 Å². The highest BCUT2D eigenvalue weighted by Gasteiger charge is 2.40. The van der Waals surface area contributed by atoms with Crippen molar-refractivity contribution >= 4 is 26.8 Å². The molecule has 0 unspecified atom stereocenters. The smallest absolute Gasteiger partial charge is 0.335 e. The topological polar surface area (TPSA) is 86.7 Å². The van der Waals surface area contributed by atoms with E-state index in [1.807, 2.05) is 30.3 Å². The SMILES string of the molecule is C[C@@H](NC[C@H]1CN(S(=O)(=O)c2ccc(C(=O)O)cc2)C[C@@H]1c1ccccc1)c1cccc2ccccc12. The molecule has 1 aliphatic rings. The monoisotopic (exact) mass is 514 g/mol. The Morgan fingerprint density at radius 2 is 1.59 bits per heavy atom. The molecule has 37 heavy (non-hydrogen) atoms. The molecule has 1 heterocycles. The number of benzene rings is 4. The predicted molar refractivity (Wildman–Crippen MR) is 145 cm³/mol. The van der Waals surface area contributed by atoms with Gasteiger partial charge in [-0.1, -0.05) is 72.8 Å². The van der Waals surface area contributed by atoms with E-state index < -0.39 is 16.0 Å². The minimum absolute atomic E-state index is 0.0430. The van der Waals surface area contributed by atoms with Crippen LogP contribution in [0.4, 0.5) is 0 Å². The van der Waals surface area contributed by atoms with E-state index in [-0.39, 0.29) is 28.3 Å². The summed E-state index contributed by atoms with van der Waals surface area (Å²) >= 11 is 0. The van der Waals surface area contributed by atoms with Crippen LogP contribution in [0.5, 0.6) is 0 Å². The van der Waals surface area contributed by atoms with E-state index in [2.05, 4.69) is 54.7 Å². The van der Waals surface area contributed by atoms with Gasteiger partial charge in [-0.25, -0.2) is 13.2 Å². The van der Waals surface area contributed by atoms with Crippen molar-refractivity contribution in [2.45, 2.75) is 23.8 Å². The first-order valence-electron chi connectivity index (χ1n) is 12.4. The lowest BCUT2D eigenvalue weighted by molar-refractivity contribution is 0.0696. The van der Waals surface area contributed by atoms with Gasteiger partial charge in [0, 0.05) is 31.6 Å². The Balaban J connectivity index is 1.38. The van der Waals surface area contributed by atoms with Crippen LogP contribution in [0.25, 0.3) is 10.8 Å². The zero-order valence-corrected chi connectivity index (χ0v) is 21.4. The first-order valence-corrected chi connectivity index (χ1v) is 13.9. The van der Waals surface area contributed by atoms with Crippen molar-refractivity contribution in [3.8, 4) is 0 Å². The Morgan fingerprint density at radius 1 is 0.919 bits per heavy atom. The normalized spacial score (nSPS) is 19.2. The summed E-state index contributed by atoms with van der Waals surface area (Å²) in [5.74, 6) is -0.963. The first kappa shape index (κ1) is 25.1. The average Bonchev–Trinajstić information content (AvgIpc) is 3.37. The second-order valence-electron chi connectivity index (χ2n) is 9.63. The third kappa shape index (κ3) is 5.16. The van der Waals surface area contributed by atoms with Gasteiger partial charge in [-0.15, -0.1) is 0 Å². The highest BCUT2D eigenvalue weighted by molar-refractivity contribution is 7.89. The molecular weight excluding hydrogens is 484 g/mol. The van der Waals surface area contributed by atoms with Gasteiger partial charge in [0.05, 0.1) is 10.5 Å². The lowest BCUT2D eigenvalue weighted by Crippen LogP contribution is -2.32. The Bertz CT molecular complexity index is 1500. The molecule has 7 heteroatoms. The quantitative estimate of drug-likeness (QED) is 0.334. The Kier molecular flexibility index (Phi) is 7.11. The minimum Gasteiger partial charge on any atom is -0.478 e. The second-order valence-corrected chi connectivity index (χ2v) is 11.6. The summed E-state index contributed by atoms with van der Waals surface area (Å²) in [4.78, 5) is 11.3. The predicted octanol–water partition coefficient (Wildman–Crippen LogP) is 5.29. The molecule has 0 spiro atoms. The summed E-state index contributed by atoms with van der Waals surface area (Å²) in [5, 5.41) is 15.3. The van der Waals surface area contributed by atoms with Gasteiger partial charge in [0.15, 0.2) is 0 Å². The van der Waals surface area contributed by atoms with Crippen molar-refractivity contribution < 1.29 is 18.3 Å². The van der Waals surface area contributed by atoms with Crippen molar-refractivity contribution in [2.24, 2.45) is 5.92 Å². The molecule has 6 nitrogen and oxygen atoms in total. The summed E-state index contributed by atoms with van der Waals surface area (Å²) in [7, 11) is -3.76. The molecule has 2 N–H and O–H groups in total. The van der Waals surface area contributed by atoms with Crippen molar-refractivity contribution in [1.82, 2.24) is 9.62 Å². The summed E-state index contributed by atoms with van der Waals surface area (Å²) in [6.45, 7) is 3.57. The number of carboxylic acids is 1. The van der Waals surface area contributed by atoms with Gasteiger partial charge in [0.25, 0.3) is 0 Å². The van der Waals surface area contributed by atoms with Crippen LogP contribution in [-0.2, 0) is 10.0 Å². The van der Waals surface area contributed by atoms with Crippen molar-refractivity contribution in [3.05, 3.63) is 114 Å². The number of hydrogen-bond acceptors (Lipinski definition) is 4. The molecule has 190 valence electrons. The van der Waals surface area contributed by atoms with Crippen LogP contribution >= 0.6 is 0 Å². The Labute approximate surface area is 217 Å². The number of aromatic carboxylic acids is 1. The van der Waals surface area contributed by atoms with E-state index in [9.17, 15) is 13.2 Å². The number of carboxylic acid groups (broad SMARTS) is 1. The van der Waals surface area contributed by atoms with Crippen LogP contribution in [0, 0.1) is 5.92 Å². The van der Waals surface area contributed by atoms with Crippen LogP contribution < -0.4 is 5.32 Å². The molecule has 0 radical (unpaired) electrons. The molecule has 4 aromatic carbocycles. The molecule has 0 amide bonds. The molecule has 0 aromatic heterocycles. The fourth-order valence-corrected chi connectivity index (χ4v) is 6.82. The number of nitrogens with one attached hydrogen (secondary N) is 1. The number of nitrogens with zero attached hydrogens (tertiary/aromatic N) is 1. The molecule has 1 aliphatic heterocycles. The van der Waals surface area contributed by atoms with Crippen molar-refractivity contribution in [1.29, 1.82) is 0 Å². The van der Waals surface area contributed by atoms with Crippen LogP contribution in [0.2, 0.25) is 0 Å². The van der Waals surface area contributed by atoms with Crippen LogP contribution in [-0.4, -0.2) is 43.4 Å². The zero-order chi connectivity index (χ0) is 26.0. The number of fused-ring (bicyclic) bond motifs is 1. The van der Waals surface area contributed by atoms with Gasteiger partial charge in [-0.05, 0) is 59.0 Å². The van der Waals surface area contributed by atoms with E-state index in [0.29, 0.717) is 19.6 Å². The molecule has 0 saturated carbocycles. The summed E-state index contributed by atoms with van der Waals surface area (Å²) in [6.07, 6.45) is 0. The van der Waals surface area contributed by atoms with Gasteiger partial charge < -0.3 is 10.4 Å². The van der Waals surface area contributed by atoms with E-state index in [4.69, 9.17) is 5.11 Å². The van der Waals surface area contributed by atoms with E-state index >= 15 is 0 Å². The highest BCUT2D eigenvalue weighted by Crippen LogP contribution is 2.36. The van der Waals surface area contributed by atoms with Gasteiger partial charge >= 0.3 is 5.97 Å². The minimum atomic E-state index is -3.76. The van der Waals surface area contributed by atoms with Gasteiger partial charge in [0.1, 0.15) is 0 Å². The third-order valence-corrected chi connectivity index (χ3v) is 9.20. The second kappa shape index (κ2) is 10.5. The van der Waals surface area contributed by atoms with Crippen molar-refractivity contribution in [2.75, 3.05) is 19.6 Å². The fraction of sp³-hybridized carbons (Fsp3) is 0.233. The average molecular weight is 515 g/mol. The largest absolute Gasteiger partial charge is 0.478 e. The number of sulfonamides is 1. The lowest BCUT2D eigenvalue weighted by atomic mass is 9.88. The van der Waals surface area contributed by atoms with Gasteiger partial charge in [-0.2, -0.15) is 4.31 Å². The van der Waals surface area contributed by atoms with Crippen LogP contribution in [0.15, 0.2) is 102 Å². The molecule has 0 bridgehead atoms. The summed E-state index contributed by atoms with van der Waals surface area (Å²) < 4.78 is 28.5. The van der Waals surface area contributed by atoms with E-state index in [1.165, 1.54) is 44.9 Å². The molecule has 0 aliphatic carbocycles. The van der Waals surface area contributed by atoms with Gasteiger partial charge in [0.2, 0.25) is 10.0 Å². The maximum atomic E-state index is 13.5. The summed E-state index contributed by atoms with van der Waals surface area (Å²) in [5.41, 5.74) is 2.40. The first-order chi connectivity index (χ1) is 17.8. The number of rotatable bonds is 8. The molecule has 4 aromatic rings. The molecular formula is C30H30N2O4S. The number of carbonyl (C=O) groups is 1. The molecule has 3 atom stereocenters. The van der Waals surface area contributed by atoms with E-state index in [0.717, 1.165) is 5.56 Å². The Morgan fingerprint density at radius 3 is 2.32 bits per heavy atom. The third-order valence-electron chi connectivity index (χ3n) is 7.35. The molecule has 1 saturated heterocycles. The lowest BCUT2D eigenvalue weighted by Gasteiger charge is -2.23. The highest BCUT2D eigenvalue weighted by atomic mass is 32.2. The maximum Gasteiger partial charge on any atom is 0.335 e. The molecule has 5 rings (SSSR count). The standard InChI is InChI=1S/C30H30N2O4S/c1-21(27-13-7-11-22-10-5-6-12-28(22)27)31-18-25-19-32(20-29(25)23-8-3-2-4-9-23)37(35,36)26-16-14-24(15-17-26)30(33)34/h2-17,21,25,29,31H,18-20H2,1H3,(H,33,34)/t21-,25+,29-/m1/s1. The Hall–Kier alpha value is -3.52. The molecule has 1 fully saturated rings. The maximum absolute atomic E-state index is 13.5. The summed E-state index contributed by atoms with van der Waals surface area (Å²) in [6, 6.07) is 30.2. The van der Waals surface area contributed by atoms with Crippen LogP contribution in [0.3, 0.4) is 0 Å². The zero-order valence-electron chi connectivity index (χ0n) is 20.6. The fourth-order valence-electron chi connectivity index (χ4n) is 5.30.